The monoisotopic (exact) mass is 554 g/mol. The van der Waals surface area contributed by atoms with Crippen molar-refractivity contribution in [2.75, 3.05) is 58.5 Å². The number of carbonyl (C=O) groups is 2. The molecule has 5 N–H and O–H groups in total. The highest BCUT2D eigenvalue weighted by molar-refractivity contribution is 8.00. The lowest BCUT2D eigenvalue weighted by atomic mass is 10.0. The first-order valence-electron chi connectivity index (χ1n) is 14.4. The van der Waals surface area contributed by atoms with Crippen LogP contribution in [0, 0.1) is 0 Å². The van der Waals surface area contributed by atoms with E-state index in [1.54, 1.807) is 0 Å². The number of rotatable bonds is 17. The van der Waals surface area contributed by atoms with Crippen LogP contribution in [0.2, 0.25) is 0 Å². The smallest absolute Gasteiger partial charge is 0.315 e. The van der Waals surface area contributed by atoms with Crippen LogP contribution in [0.3, 0.4) is 0 Å². The maximum absolute atomic E-state index is 12.0. The molecule has 4 rings (SSSR count). The average molecular weight is 555 g/mol. The number of allylic oxidation sites excluding steroid dienone is 2. The Morgan fingerprint density at radius 3 is 2.55 bits per heavy atom. The molecule has 0 aromatic carbocycles. The molecule has 0 aromatic rings. The number of urea groups is 1. The molecule has 4 aliphatic rings. The molecule has 3 aliphatic heterocycles. The van der Waals surface area contributed by atoms with Gasteiger partial charge in [-0.25, -0.2) is 4.79 Å². The van der Waals surface area contributed by atoms with Gasteiger partial charge in [-0.1, -0.05) is 19.3 Å². The van der Waals surface area contributed by atoms with Gasteiger partial charge in [0.25, 0.3) is 0 Å². The van der Waals surface area contributed by atoms with Gasteiger partial charge in [-0.3, -0.25) is 9.80 Å². The predicted octanol–water partition coefficient (Wildman–Crippen LogP) is 1.77. The van der Waals surface area contributed by atoms with Crippen molar-refractivity contribution in [3.63, 3.8) is 0 Å². The Labute approximate surface area is 230 Å². The maximum Gasteiger partial charge on any atom is 0.315 e. The molecule has 3 heterocycles. The number of thioether (sulfide) groups is 1. The third kappa shape index (κ3) is 9.48. The third-order valence-corrected chi connectivity index (χ3v) is 8.97. The topological polar surface area (TPSA) is 125 Å². The summed E-state index contributed by atoms with van der Waals surface area (Å²) >= 11 is 1.91. The number of carbonyl (C=O) groups excluding carboxylic acids is 2. The van der Waals surface area contributed by atoms with E-state index in [-0.39, 0.29) is 24.0 Å². The van der Waals surface area contributed by atoms with Gasteiger partial charge in [0.2, 0.25) is 5.91 Å². The first kappa shape index (κ1) is 29.3. The van der Waals surface area contributed by atoms with E-state index in [9.17, 15) is 9.59 Å². The second-order valence-electron chi connectivity index (χ2n) is 10.3. The quantitative estimate of drug-likeness (QED) is 0.135. The zero-order valence-electron chi connectivity index (χ0n) is 22.6. The number of nitrogens with one attached hydrogen (secondary N) is 5. The van der Waals surface area contributed by atoms with Crippen molar-refractivity contribution in [1.82, 2.24) is 31.9 Å². The molecule has 11 nitrogen and oxygen atoms in total. The van der Waals surface area contributed by atoms with Crippen LogP contribution in [0.1, 0.15) is 64.2 Å². The van der Waals surface area contributed by atoms with Crippen molar-refractivity contribution in [2.45, 2.75) is 81.5 Å². The molecule has 216 valence electrons. The number of ether oxygens (including phenoxy) is 3. The fourth-order valence-electron chi connectivity index (χ4n) is 5.39. The molecular weight excluding hydrogens is 508 g/mol. The SMILES string of the molecule is O=C(CCCC[C@H]1SCC2NC(=O)NC21)NCCOCCOCCOCCN1NNC2=C1CCCCCC2. The molecule has 2 unspecified atom stereocenters. The molecule has 3 atom stereocenters. The van der Waals surface area contributed by atoms with Gasteiger partial charge in [0.1, 0.15) is 0 Å². The molecule has 12 heteroatoms. The summed E-state index contributed by atoms with van der Waals surface area (Å²) in [7, 11) is 0. The Balaban J connectivity index is 0.891. The number of nitrogens with zero attached hydrogens (tertiary/aromatic N) is 1. The minimum atomic E-state index is -0.0483. The zero-order chi connectivity index (χ0) is 26.4. The lowest BCUT2D eigenvalue weighted by Crippen LogP contribution is -2.40. The average Bonchev–Trinajstić information content (AvgIpc) is 3.56. The fraction of sp³-hybridized carbons (Fsp3) is 0.846. The van der Waals surface area contributed by atoms with Crippen LogP contribution < -0.4 is 26.9 Å². The van der Waals surface area contributed by atoms with Crippen LogP contribution in [0.25, 0.3) is 0 Å². The van der Waals surface area contributed by atoms with Crippen LogP contribution in [0.4, 0.5) is 4.79 Å². The first-order valence-corrected chi connectivity index (χ1v) is 15.5. The van der Waals surface area contributed by atoms with Crippen LogP contribution in [-0.4, -0.2) is 92.8 Å². The Hall–Kier alpha value is -1.73. The summed E-state index contributed by atoms with van der Waals surface area (Å²) in [6.45, 7) is 4.59. The summed E-state index contributed by atoms with van der Waals surface area (Å²) in [6.07, 6.45) is 10.8. The van der Waals surface area contributed by atoms with Crippen molar-refractivity contribution < 1.29 is 23.8 Å². The van der Waals surface area contributed by atoms with Gasteiger partial charge in [-0.15, -0.1) is 5.53 Å². The van der Waals surface area contributed by atoms with Crippen molar-refractivity contribution in [2.24, 2.45) is 0 Å². The molecule has 0 aromatic heterocycles. The van der Waals surface area contributed by atoms with Gasteiger partial charge in [0.15, 0.2) is 0 Å². The minimum absolute atomic E-state index is 0.0483. The molecule has 2 saturated heterocycles. The molecule has 0 bridgehead atoms. The molecule has 0 radical (unpaired) electrons. The second kappa shape index (κ2) is 16.4. The predicted molar refractivity (Wildman–Crippen MR) is 147 cm³/mol. The molecular formula is C26H46N6O5S. The molecule has 1 aliphatic carbocycles. The summed E-state index contributed by atoms with van der Waals surface area (Å²) in [5, 5.41) is 11.5. The molecule has 3 amide bonds. The lowest BCUT2D eigenvalue weighted by molar-refractivity contribution is -0.121. The van der Waals surface area contributed by atoms with Gasteiger partial charge < -0.3 is 35.6 Å². The van der Waals surface area contributed by atoms with Crippen molar-refractivity contribution >= 4 is 23.7 Å². The van der Waals surface area contributed by atoms with Gasteiger partial charge in [-0.05, 0) is 38.5 Å². The van der Waals surface area contributed by atoms with E-state index >= 15 is 0 Å². The van der Waals surface area contributed by atoms with Crippen LogP contribution in [-0.2, 0) is 19.0 Å². The van der Waals surface area contributed by atoms with E-state index in [0.29, 0.717) is 57.9 Å². The van der Waals surface area contributed by atoms with E-state index < -0.39 is 0 Å². The molecule has 0 saturated carbocycles. The largest absolute Gasteiger partial charge is 0.377 e. The summed E-state index contributed by atoms with van der Waals surface area (Å²) in [5.41, 5.74) is 9.34. The second-order valence-corrected chi connectivity index (χ2v) is 11.6. The van der Waals surface area contributed by atoms with Crippen LogP contribution in [0.5, 0.6) is 0 Å². The standard InChI is InChI=1S/C26H46N6O5S/c33-24(10-6-5-9-23-25-21(19-38-23)28-26(34)29-25)27-11-13-35-15-17-37-18-16-36-14-12-32-22-8-4-2-1-3-7-20(22)30-31-32/h21,23,25,30-31H,1-19H2,(H,27,33)(H2,28,29,34)/t21?,23-,25?/m1/s1. The van der Waals surface area contributed by atoms with Gasteiger partial charge in [-0.2, -0.15) is 11.8 Å². The summed E-state index contributed by atoms with van der Waals surface area (Å²) in [5.74, 6) is 1.04. The number of amides is 3. The minimum Gasteiger partial charge on any atom is -0.377 e. The van der Waals surface area contributed by atoms with Crippen LogP contribution in [0.15, 0.2) is 11.4 Å². The Morgan fingerprint density at radius 2 is 1.71 bits per heavy atom. The number of hydrazine groups is 2. The normalized spacial score (nSPS) is 24.8. The zero-order valence-corrected chi connectivity index (χ0v) is 23.4. The summed E-state index contributed by atoms with van der Waals surface area (Å²) < 4.78 is 16.8. The molecule has 2 fully saturated rings. The molecule has 38 heavy (non-hydrogen) atoms. The van der Waals surface area contributed by atoms with Crippen molar-refractivity contribution in [3.8, 4) is 0 Å². The highest BCUT2D eigenvalue weighted by Crippen LogP contribution is 2.33. The Morgan fingerprint density at radius 1 is 0.947 bits per heavy atom. The summed E-state index contributed by atoms with van der Waals surface area (Å²) in [6, 6.07) is 0.451. The highest BCUT2D eigenvalue weighted by atomic mass is 32.2. The van der Waals surface area contributed by atoms with Gasteiger partial charge >= 0.3 is 6.03 Å². The first-order chi connectivity index (χ1) is 18.7. The maximum atomic E-state index is 12.0. The van der Waals surface area contributed by atoms with E-state index in [0.717, 1.165) is 44.4 Å². The van der Waals surface area contributed by atoms with Gasteiger partial charge in [0.05, 0.1) is 64.0 Å². The van der Waals surface area contributed by atoms with Crippen molar-refractivity contribution in [1.29, 1.82) is 0 Å². The summed E-state index contributed by atoms with van der Waals surface area (Å²) in [4.78, 5) is 23.5. The fourth-order valence-corrected chi connectivity index (χ4v) is 6.94. The van der Waals surface area contributed by atoms with Gasteiger partial charge in [0, 0.05) is 29.7 Å². The van der Waals surface area contributed by atoms with E-state index in [2.05, 4.69) is 31.9 Å². The van der Waals surface area contributed by atoms with E-state index in [1.807, 2.05) is 11.8 Å². The number of hydrogen-bond donors (Lipinski definition) is 5. The number of unbranched alkanes of at least 4 members (excludes halogenated alkanes) is 1. The van der Waals surface area contributed by atoms with Crippen molar-refractivity contribution in [3.05, 3.63) is 11.4 Å². The Kier molecular flexibility index (Phi) is 12.6. The molecule has 0 spiro atoms. The number of fused-ring (bicyclic) bond motifs is 1. The third-order valence-electron chi connectivity index (χ3n) is 7.46. The number of hydrogen-bond acceptors (Lipinski definition) is 9. The lowest BCUT2D eigenvalue weighted by Gasteiger charge is -2.21. The highest BCUT2D eigenvalue weighted by Gasteiger charge is 2.42. The van der Waals surface area contributed by atoms with Crippen LogP contribution >= 0.6 is 11.8 Å². The Bertz CT molecular complexity index is 787. The van der Waals surface area contributed by atoms with E-state index in [4.69, 9.17) is 14.2 Å². The van der Waals surface area contributed by atoms with E-state index in [1.165, 1.54) is 37.1 Å².